The SMILES string of the molecule is COc1ccc([C@@H]2c3cccn3CCN2S(=O)(=O)c2ccccc2)cc1OC. The van der Waals surface area contributed by atoms with Crippen LogP contribution in [0.15, 0.2) is 71.8 Å². The number of nitrogens with zero attached hydrogens (tertiary/aromatic N) is 2. The number of methoxy groups -OCH3 is 2. The first-order valence-electron chi connectivity index (χ1n) is 9.00. The van der Waals surface area contributed by atoms with E-state index in [0.717, 1.165) is 11.3 Å². The third-order valence-corrected chi connectivity index (χ3v) is 6.95. The van der Waals surface area contributed by atoms with Crippen LogP contribution < -0.4 is 9.47 Å². The highest BCUT2D eigenvalue weighted by molar-refractivity contribution is 7.89. The Morgan fingerprint density at radius 3 is 2.36 bits per heavy atom. The van der Waals surface area contributed by atoms with Crippen molar-refractivity contribution < 1.29 is 17.9 Å². The molecule has 0 saturated heterocycles. The van der Waals surface area contributed by atoms with E-state index in [1.54, 1.807) is 42.8 Å². The first-order valence-corrected chi connectivity index (χ1v) is 10.4. The second kappa shape index (κ2) is 7.33. The lowest BCUT2D eigenvalue weighted by Gasteiger charge is -2.36. The van der Waals surface area contributed by atoms with Crippen LogP contribution in [0.25, 0.3) is 0 Å². The second-order valence-corrected chi connectivity index (χ2v) is 8.46. The highest BCUT2D eigenvalue weighted by Crippen LogP contribution is 2.39. The molecule has 2 aromatic carbocycles. The van der Waals surface area contributed by atoms with E-state index in [-0.39, 0.29) is 0 Å². The topological polar surface area (TPSA) is 60.8 Å². The molecular weight excluding hydrogens is 376 g/mol. The van der Waals surface area contributed by atoms with Crippen molar-refractivity contribution in [2.75, 3.05) is 20.8 Å². The van der Waals surface area contributed by atoms with Gasteiger partial charge in [-0.15, -0.1) is 0 Å². The summed E-state index contributed by atoms with van der Waals surface area (Å²) in [5.74, 6) is 1.18. The minimum Gasteiger partial charge on any atom is -0.493 e. The number of hydrogen-bond donors (Lipinski definition) is 0. The van der Waals surface area contributed by atoms with Gasteiger partial charge in [0.05, 0.1) is 25.2 Å². The number of fused-ring (bicyclic) bond motifs is 1. The van der Waals surface area contributed by atoms with Gasteiger partial charge in [0.1, 0.15) is 0 Å². The summed E-state index contributed by atoms with van der Waals surface area (Å²) in [5, 5.41) is 0. The first kappa shape index (κ1) is 18.6. The molecule has 0 unspecified atom stereocenters. The normalized spacial score (nSPS) is 17.1. The van der Waals surface area contributed by atoms with Crippen molar-refractivity contribution in [2.24, 2.45) is 0 Å². The van der Waals surface area contributed by atoms with E-state index in [0.29, 0.717) is 29.5 Å². The van der Waals surface area contributed by atoms with Gasteiger partial charge in [-0.2, -0.15) is 4.31 Å². The van der Waals surface area contributed by atoms with Crippen LogP contribution in [-0.4, -0.2) is 38.1 Å². The van der Waals surface area contributed by atoms with Gasteiger partial charge in [-0.3, -0.25) is 0 Å². The Balaban J connectivity index is 1.86. The molecule has 3 aromatic rings. The molecule has 0 spiro atoms. The molecule has 1 aliphatic rings. The van der Waals surface area contributed by atoms with Crippen LogP contribution in [0.4, 0.5) is 0 Å². The lowest BCUT2D eigenvalue weighted by molar-refractivity contribution is 0.296. The number of sulfonamides is 1. The predicted octanol–water partition coefficient (Wildman–Crippen LogP) is 3.30. The summed E-state index contributed by atoms with van der Waals surface area (Å²) in [6, 6.07) is 17.6. The third kappa shape index (κ3) is 3.06. The molecule has 0 saturated carbocycles. The largest absolute Gasteiger partial charge is 0.493 e. The molecule has 4 rings (SSSR count). The number of ether oxygens (including phenoxy) is 2. The molecule has 0 aliphatic carbocycles. The molecule has 0 fully saturated rings. The Labute approximate surface area is 165 Å². The average Bonchev–Trinajstić information content (AvgIpc) is 3.22. The van der Waals surface area contributed by atoms with Crippen molar-refractivity contribution >= 4 is 10.0 Å². The Hall–Kier alpha value is -2.77. The maximum absolute atomic E-state index is 13.4. The van der Waals surface area contributed by atoms with Crippen LogP contribution in [0.5, 0.6) is 11.5 Å². The number of hydrogen-bond acceptors (Lipinski definition) is 4. The van der Waals surface area contributed by atoms with Gasteiger partial charge in [0.25, 0.3) is 0 Å². The van der Waals surface area contributed by atoms with Crippen LogP contribution in [0.2, 0.25) is 0 Å². The molecular formula is C21H22N2O4S. The maximum Gasteiger partial charge on any atom is 0.244 e. The van der Waals surface area contributed by atoms with E-state index < -0.39 is 16.1 Å². The molecule has 0 amide bonds. The summed E-state index contributed by atoms with van der Waals surface area (Å²) in [4.78, 5) is 0.292. The molecule has 0 bridgehead atoms. The average molecular weight is 398 g/mol. The fraction of sp³-hybridized carbons (Fsp3) is 0.238. The lowest BCUT2D eigenvalue weighted by Crippen LogP contribution is -2.42. The number of rotatable bonds is 5. The fourth-order valence-electron chi connectivity index (χ4n) is 3.71. The lowest BCUT2D eigenvalue weighted by atomic mass is 10.0. The van der Waals surface area contributed by atoms with Gasteiger partial charge < -0.3 is 14.0 Å². The van der Waals surface area contributed by atoms with Gasteiger partial charge in [0.15, 0.2) is 11.5 Å². The molecule has 28 heavy (non-hydrogen) atoms. The maximum atomic E-state index is 13.4. The summed E-state index contributed by atoms with van der Waals surface area (Å²) in [7, 11) is -0.515. The van der Waals surface area contributed by atoms with Crippen LogP contribution in [-0.2, 0) is 16.6 Å². The monoisotopic (exact) mass is 398 g/mol. The van der Waals surface area contributed by atoms with Gasteiger partial charge in [-0.1, -0.05) is 24.3 Å². The summed E-state index contributed by atoms with van der Waals surface area (Å²) >= 11 is 0. The number of aromatic nitrogens is 1. The van der Waals surface area contributed by atoms with Crippen molar-refractivity contribution in [1.82, 2.24) is 8.87 Å². The van der Waals surface area contributed by atoms with Crippen molar-refractivity contribution in [1.29, 1.82) is 0 Å². The Morgan fingerprint density at radius 2 is 1.64 bits per heavy atom. The van der Waals surface area contributed by atoms with Gasteiger partial charge in [-0.05, 0) is 42.0 Å². The Kier molecular flexibility index (Phi) is 4.87. The zero-order valence-electron chi connectivity index (χ0n) is 15.8. The Morgan fingerprint density at radius 1 is 0.893 bits per heavy atom. The van der Waals surface area contributed by atoms with Crippen LogP contribution >= 0.6 is 0 Å². The minimum atomic E-state index is -3.67. The summed E-state index contributed by atoms with van der Waals surface area (Å²) in [5.41, 5.74) is 1.76. The third-order valence-electron chi connectivity index (χ3n) is 5.07. The predicted molar refractivity (Wildman–Crippen MR) is 106 cm³/mol. The smallest absolute Gasteiger partial charge is 0.244 e. The van der Waals surface area contributed by atoms with E-state index in [9.17, 15) is 8.42 Å². The molecule has 2 heterocycles. The van der Waals surface area contributed by atoms with E-state index in [1.807, 2.05) is 42.6 Å². The molecule has 0 radical (unpaired) electrons. The standard InChI is InChI=1S/C21H22N2O4S/c1-26-19-11-10-16(15-20(19)27-2)21-18-9-6-12-22(18)13-14-23(21)28(24,25)17-7-4-3-5-8-17/h3-12,15,21H,13-14H2,1-2H3/t21-/m1/s1. The number of benzene rings is 2. The van der Waals surface area contributed by atoms with E-state index in [1.165, 1.54) is 0 Å². The second-order valence-electron chi connectivity index (χ2n) is 6.57. The Bertz CT molecular complexity index is 1080. The van der Waals surface area contributed by atoms with Crippen molar-refractivity contribution in [2.45, 2.75) is 17.5 Å². The molecule has 1 aromatic heterocycles. The molecule has 1 aliphatic heterocycles. The van der Waals surface area contributed by atoms with Gasteiger partial charge in [-0.25, -0.2) is 8.42 Å². The summed E-state index contributed by atoms with van der Waals surface area (Å²) in [6.45, 7) is 0.996. The summed E-state index contributed by atoms with van der Waals surface area (Å²) < 4.78 is 41.3. The molecule has 146 valence electrons. The van der Waals surface area contributed by atoms with Gasteiger partial charge in [0, 0.05) is 25.0 Å². The molecule has 7 heteroatoms. The highest BCUT2D eigenvalue weighted by atomic mass is 32.2. The first-order chi connectivity index (χ1) is 13.6. The van der Waals surface area contributed by atoms with E-state index >= 15 is 0 Å². The molecule has 1 atom stereocenters. The van der Waals surface area contributed by atoms with Gasteiger partial charge in [0.2, 0.25) is 10.0 Å². The molecule has 0 N–H and O–H groups in total. The zero-order valence-corrected chi connectivity index (χ0v) is 16.6. The molecule has 6 nitrogen and oxygen atoms in total. The van der Waals surface area contributed by atoms with E-state index in [2.05, 4.69) is 4.57 Å². The van der Waals surface area contributed by atoms with Gasteiger partial charge >= 0.3 is 0 Å². The summed E-state index contributed by atoms with van der Waals surface area (Å²) in [6.07, 6.45) is 1.98. The fourth-order valence-corrected chi connectivity index (χ4v) is 5.31. The van der Waals surface area contributed by atoms with Crippen molar-refractivity contribution in [3.63, 3.8) is 0 Å². The highest BCUT2D eigenvalue weighted by Gasteiger charge is 2.37. The quantitative estimate of drug-likeness (QED) is 0.662. The van der Waals surface area contributed by atoms with Crippen LogP contribution in [0, 0.1) is 0 Å². The minimum absolute atomic E-state index is 0.292. The zero-order chi connectivity index (χ0) is 19.7. The van der Waals surface area contributed by atoms with Crippen LogP contribution in [0.3, 0.4) is 0 Å². The van der Waals surface area contributed by atoms with Crippen LogP contribution in [0.1, 0.15) is 17.3 Å². The van der Waals surface area contributed by atoms with Crippen molar-refractivity contribution in [3.05, 3.63) is 78.1 Å². The van der Waals surface area contributed by atoms with Crippen molar-refractivity contribution in [3.8, 4) is 11.5 Å². The van der Waals surface area contributed by atoms with E-state index in [4.69, 9.17) is 9.47 Å².